The maximum absolute atomic E-state index is 12.0. The minimum absolute atomic E-state index is 0.223. The number of imide groups is 1. The SMILES string of the molecule is CCCc1nc2c(C)cc(-c3nc4ccc(N(C)CCOc5ccc6nc(C(C)Oc7ccc(CC8SC(=O)NC8=O)cc7)[nH]c6c5)cc4n3C)cc2n1C(c1ccccc1)c1ccccc1-c1nnn[nH]1. The Bertz CT molecular complexity index is 3610. The molecule has 16 nitrogen and oxygen atoms in total. The molecule has 362 valence electrons. The molecule has 1 aliphatic rings. The third-order valence-electron chi connectivity index (χ3n) is 13.3. The number of thioether (sulfide) groups is 1. The highest BCUT2D eigenvalue weighted by molar-refractivity contribution is 8.15. The van der Waals surface area contributed by atoms with Gasteiger partial charge < -0.3 is 28.5 Å². The molecule has 6 aromatic carbocycles. The van der Waals surface area contributed by atoms with Crippen LogP contribution < -0.4 is 19.7 Å². The first kappa shape index (κ1) is 46.1. The Kier molecular flexibility index (Phi) is 12.5. The maximum atomic E-state index is 12.0. The molecule has 3 N–H and O–H groups in total. The number of carbonyl (C=O) groups is 2. The second-order valence-electron chi connectivity index (χ2n) is 18.2. The van der Waals surface area contributed by atoms with Crippen molar-refractivity contribution in [2.24, 2.45) is 7.05 Å². The third kappa shape index (κ3) is 9.02. The summed E-state index contributed by atoms with van der Waals surface area (Å²) in [5.74, 6) is 4.34. The summed E-state index contributed by atoms with van der Waals surface area (Å²) in [7, 11) is 4.15. The molecule has 17 heteroatoms. The molecule has 4 aromatic heterocycles. The van der Waals surface area contributed by atoms with Gasteiger partial charge in [0, 0.05) is 43.4 Å². The van der Waals surface area contributed by atoms with Crippen LogP contribution in [0.15, 0.2) is 127 Å². The number of anilines is 1. The van der Waals surface area contributed by atoms with Gasteiger partial charge in [0.05, 0.1) is 50.9 Å². The summed E-state index contributed by atoms with van der Waals surface area (Å²) >= 11 is 1.03. The number of benzene rings is 6. The van der Waals surface area contributed by atoms with Gasteiger partial charge in [-0.2, -0.15) is 0 Å². The Morgan fingerprint density at radius 2 is 1.64 bits per heavy atom. The van der Waals surface area contributed by atoms with Crippen molar-refractivity contribution in [2.45, 2.75) is 57.4 Å². The molecule has 1 aliphatic heterocycles. The van der Waals surface area contributed by atoms with Gasteiger partial charge >= 0.3 is 0 Å². The minimum atomic E-state index is -0.412. The number of rotatable bonds is 17. The molecule has 1 fully saturated rings. The zero-order chi connectivity index (χ0) is 49.5. The number of H-pyrrole nitrogens is 2. The summed E-state index contributed by atoms with van der Waals surface area (Å²) in [4.78, 5) is 44.5. The molecule has 3 unspecified atom stereocenters. The van der Waals surface area contributed by atoms with E-state index < -0.39 is 5.25 Å². The highest BCUT2D eigenvalue weighted by Gasteiger charge is 2.32. The van der Waals surface area contributed by atoms with Crippen LogP contribution in [0.5, 0.6) is 11.5 Å². The van der Waals surface area contributed by atoms with E-state index in [4.69, 9.17) is 24.4 Å². The number of imidazole rings is 3. The van der Waals surface area contributed by atoms with Crippen LogP contribution in [0.25, 0.3) is 55.9 Å². The predicted octanol–water partition coefficient (Wildman–Crippen LogP) is 10.1. The lowest BCUT2D eigenvalue weighted by Gasteiger charge is -2.25. The van der Waals surface area contributed by atoms with Crippen LogP contribution in [-0.2, 0) is 24.7 Å². The van der Waals surface area contributed by atoms with Gasteiger partial charge in [0.2, 0.25) is 5.91 Å². The Morgan fingerprint density at radius 3 is 2.42 bits per heavy atom. The number of nitrogens with one attached hydrogen (secondary N) is 3. The minimum Gasteiger partial charge on any atom is -0.492 e. The molecule has 3 atom stereocenters. The summed E-state index contributed by atoms with van der Waals surface area (Å²) in [5.41, 5.74) is 12.8. The van der Waals surface area contributed by atoms with Crippen LogP contribution in [0.4, 0.5) is 10.5 Å². The lowest BCUT2D eigenvalue weighted by molar-refractivity contribution is -0.118. The summed E-state index contributed by atoms with van der Waals surface area (Å²) in [6, 6.07) is 42.9. The zero-order valence-corrected chi connectivity index (χ0v) is 41.3. The van der Waals surface area contributed by atoms with Crippen molar-refractivity contribution in [1.29, 1.82) is 0 Å². The molecule has 0 bridgehead atoms. The van der Waals surface area contributed by atoms with Crippen molar-refractivity contribution in [2.75, 3.05) is 25.1 Å². The predicted molar refractivity (Wildman–Crippen MR) is 280 cm³/mol. The first-order chi connectivity index (χ1) is 35.1. The molecule has 2 amide bonds. The number of aromatic nitrogens is 10. The molecule has 5 heterocycles. The number of tetrazole rings is 1. The van der Waals surface area contributed by atoms with Gasteiger partial charge in [-0.05, 0) is 114 Å². The Labute approximate surface area is 419 Å². The summed E-state index contributed by atoms with van der Waals surface area (Å²) in [5, 5.41) is 16.8. The molecular formula is C55H52N12O4S. The number of nitrogens with zero attached hydrogens (tertiary/aromatic N) is 9. The Balaban J connectivity index is 0.801. The second-order valence-corrected chi connectivity index (χ2v) is 19.4. The second kappa shape index (κ2) is 19.5. The fraction of sp³-hybridized carbons (Fsp3) is 0.236. The number of likely N-dealkylation sites (N-methyl/N-ethyl adjacent to an activating group) is 1. The summed E-state index contributed by atoms with van der Waals surface area (Å²) < 4.78 is 17.1. The number of amides is 2. The van der Waals surface area contributed by atoms with E-state index in [-0.39, 0.29) is 23.3 Å². The molecule has 0 aliphatic carbocycles. The number of carbonyl (C=O) groups excluding carboxylic acids is 2. The molecule has 11 rings (SSSR count). The van der Waals surface area contributed by atoms with Crippen LogP contribution in [0.1, 0.15) is 66.3 Å². The number of aryl methyl sites for hydroxylation is 3. The van der Waals surface area contributed by atoms with E-state index in [0.717, 1.165) is 114 Å². The molecule has 72 heavy (non-hydrogen) atoms. The average molecular weight is 977 g/mol. The average Bonchev–Trinajstić information content (AvgIpc) is 4.25. The topological polar surface area (TPSA) is 187 Å². The standard InChI is InChI=1S/C55H52N12O4S/c1-6-12-48-59-49-32(2)27-36(29-46(49)67(48)50(35-13-8-7-9-14-35)40-15-10-11-16-41(40)52-61-63-64-62-52)53-58-43-23-19-37(30-45(43)66(53)5)65(4)25-26-70-39-22-24-42-44(31-39)57-51(56-42)33(3)71-38-20-17-34(18-21-38)28-47-54(68)60-55(69)72-47/h7-11,13-24,27,29-31,33,47,50H,6,12,25-26,28H2,1-5H3,(H,56,57)(H,60,68,69)(H,61,62,63,64). The summed E-state index contributed by atoms with van der Waals surface area (Å²) in [6.45, 7) is 7.39. The van der Waals surface area contributed by atoms with Gasteiger partial charge in [-0.3, -0.25) is 14.9 Å². The highest BCUT2D eigenvalue weighted by Crippen LogP contribution is 2.39. The number of hydrogen-bond acceptors (Lipinski definition) is 12. The van der Waals surface area contributed by atoms with Gasteiger partial charge in [-0.1, -0.05) is 85.4 Å². The van der Waals surface area contributed by atoms with Crippen molar-refractivity contribution >= 4 is 61.7 Å². The lowest BCUT2D eigenvalue weighted by Crippen LogP contribution is -2.25. The van der Waals surface area contributed by atoms with E-state index in [9.17, 15) is 9.59 Å². The Hall–Kier alpha value is -8.31. The van der Waals surface area contributed by atoms with E-state index in [1.54, 1.807) is 0 Å². The van der Waals surface area contributed by atoms with Gasteiger partial charge in [0.15, 0.2) is 11.9 Å². The van der Waals surface area contributed by atoms with Gasteiger partial charge in [-0.15, -0.1) is 5.10 Å². The third-order valence-corrected chi connectivity index (χ3v) is 14.3. The van der Waals surface area contributed by atoms with Gasteiger partial charge in [0.25, 0.3) is 5.24 Å². The fourth-order valence-corrected chi connectivity index (χ4v) is 10.5. The molecule has 1 saturated heterocycles. The van der Waals surface area contributed by atoms with Crippen molar-refractivity contribution in [3.05, 3.63) is 161 Å². The number of aromatic amines is 2. The van der Waals surface area contributed by atoms with E-state index in [1.165, 1.54) is 0 Å². The lowest BCUT2D eigenvalue weighted by atomic mass is 9.93. The molecule has 10 aromatic rings. The zero-order valence-electron chi connectivity index (χ0n) is 40.5. The van der Waals surface area contributed by atoms with Crippen molar-refractivity contribution in [1.82, 2.24) is 55.0 Å². The van der Waals surface area contributed by atoms with Crippen LogP contribution in [0.3, 0.4) is 0 Å². The smallest absolute Gasteiger partial charge is 0.286 e. The van der Waals surface area contributed by atoms with E-state index >= 15 is 0 Å². The molecule has 0 radical (unpaired) electrons. The van der Waals surface area contributed by atoms with E-state index in [1.807, 2.05) is 61.5 Å². The maximum Gasteiger partial charge on any atom is 0.286 e. The first-order valence-electron chi connectivity index (χ1n) is 24.1. The normalized spacial score (nSPS) is 14.6. The van der Waals surface area contributed by atoms with E-state index in [0.29, 0.717) is 37.0 Å². The first-order valence-corrected chi connectivity index (χ1v) is 24.9. The highest BCUT2D eigenvalue weighted by atomic mass is 32.2. The molecule has 0 saturated carbocycles. The number of hydrogen-bond donors (Lipinski definition) is 3. The number of fused-ring (bicyclic) bond motifs is 3. The van der Waals surface area contributed by atoms with E-state index in [2.05, 4.69) is 146 Å². The number of ether oxygens (including phenoxy) is 2. The van der Waals surface area contributed by atoms with Crippen LogP contribution in [0.2, 0.25) is 0 Å². The van der Waals surface area contributed by atoms with Crippen LogP contribution in [-0.4, -0.2) is 86.3 Å². The molecular weight excluding hydrogens is 925 g/mol. The largest absolute Gasteiger partial charge is 0.492 e. The van der Waals surface area contributed by atoms with Crippen molar-refractivity contribution in [3.63, 3.8) is 0 Å². The Morgan fingerprint density at radius 1 is 0.847 bits per heavy atom. The fourth-order valence-electron chi connectivity index (χ4n) is 9.66. The van der Waals surface area contributed by atoms with Crippen LogP contribution >= 0.6 is 11.8 Å². The van der Waals surface area contributed by atoms with Gasteiger partial charge in [-0.25, -0.2) is 20.1 Å². The van der Waals surface area contributed by atoms with Crippen LogP contribution in [0, 0.1) is 6.92 Å². The summed E-state index contributed by atoms with van der Waals surface area (Å²) in [6.07, 6.45) is 1.86. The van der Waals surface area contributed by atoms with Gasteiger partial charge in [0.1, 0.15) is 35.6 Å². The van der Waals surface area contributed by atoms with Crippen molar-refractivity contribution < 1.29 is 19.1 Å². The quantitative estimate of drug-likeness (QED) is 0.0785. The molecule has 0 spiro atoms. The van der Waals surface area contributed by atoms with Crippen molar-refractivity contribution in [3.8, 4) is 34.3 Å². The monoisotopic (exact) mass is 976 g/mol.